The summed E-state index contributed by atoms with van der Waals surface area (Å²) in [4.78, 5) is 29.2. The fourth-order valence-corrected chi connectivity index (χ4v) is 3.31. The molecule has 0 aliphatic carbocycles. The number of fused-ring (bicyclic) bond motifs is 2. The number of aromatic amines is 1. The Hall–Kier alpha value is -2.83. The van der Waals surface area contributed by atoms with Crippen LogP contribution in [0.25, 0.3) is 27.8 Å². The first-order valence-electron chi connectivity index (χ1n) is 7.26. The van der Waals surface area contributed by atoms with Gasteiger partial charge in [0.15, 0.2) is 5.65 Å². The van der Waals surface area contributed by atoms with Gasteiger partial charge in [0.05, 0.1) is 21.6 Å². The van der Waals surface area contributed by atoms with Gasteiger partial charge in [0.25, 0.3) is 11.5 Å². The Morgan fingerprint density at radius 1 is 1.16 bits per heavy atom. The van der Waals surface area contributed by atoms with Crippen LogP contribution >= 0.6 is 23.2 Å². The van der Waals surface area contributed by atoms with Crippen LogP contribution in [0.1, 0.15) is 10.4 Å². The highest BCUT2D eigenvalue weighted by atomic mass is 35.5. The van der Waals surface area contributed by atoms with E-state index in [4.69, 9.17) is 28.9 Å². The van der Waals surface area contributed by atoms with Gasteiger partial charge in [0, 0.05) is 10.6 Å². The molecule has 0 bridgehead atoms. The summed E-state index contributed by atoms with van der Waals surface area (Å²) in [6, 6.07) is 11.7. The number of carbonyl (C=O) groups excluding carboxylic acids is 1. The van der Waals surface area contributed by atoms with Gasteiger partial charge < -0.3 is 5.73 Å². The van der Waals surface area contributed by atoms with Crippen LogP contribution in [0, 0.1) is 0 Å². The van der Waals surface area contributed by atoms with Crippen LogP contribution in [0.3, 0.4) is 0 Å². The van der Waals surface area contributed by atoms with Gasteiger partial charge in [-0.15, -0.1) is 0 Å². The predicted molar refractivity (Wildman–Crippen MR) is 97.3 cm³/mol. The van der Waals surface area contributed by atoms with Gasteiger partial charge in [-0.25, -0.2) is 4.98 Å². The molecule has 3 N–H and O–H groups in total. The molecule has 2 aromatic carbocycles. The van der Waals surface area contributed by atoms with E-state index in [0.717, 1.165) is 0 Å². The van der Waals surface area contributed by atoms with Crippen molar-refractivity contribution >= 4 is 45.7 Å². The molecule has 2 aromatic heterocycles. The van der Waals surface area contributed by atoms with Crippen molar-refractivity contribution in [1.29, 1.82) is 0 Å². The average molecular weight is 373 g/mol. The maximum atomic E-state index is 12.7. The number of benzene rings is 2. The van der Waals surface area contributed by atoms with E-state index in [0.29, 0.717) is 32.2 Å². The molecule has 4 aromatic rings. The standard InChI is InChI=1S/C17H10Cl2N4O2/c18-8-5-6-9(11(19)7-8)14-13(15(20)24)16-21-12-4-2-1-3-10(12)17(25)23(16)22-14/h1-7,22H,(H2,20,24). The molecule has 25 heavy (non-hydrogen) atoms. The lowest BCUT2D eigenvalue weighted by atomic mass is 10.1. The van der Waals surface area contributed by atoms with E-state index in [9.17, 15) is 9.59 Å². The number of nitrogens with one attached hydrogen (secondary N) is 1. The number of aromatic nitrogens is 3. The van der Waals surface area contributed by atoms with Crippen LogP contribution in [0.15, 0.2) is 47.3 Å². The quantitative estimate of drug-likeness (QED) is 0.565. The highest BCUT2D eigenvalue weighted by Gasteiger charge is 2.22. The van der Waals surface area contributed by atoms with Crippen LogP contribution in [0.2, 0.25) is 10.0 Å². The van der Waals surface area contributed by atoms with Crippen molar-refractivity contribution in [2.75, 3.05) is 0 Å². The van der Waals surface area contributed by atoms with Gasteiger partial charge in [-0.3, -0.25) is 14.7 Å². The summed E-state index contributed by atoms with van der Waals surface area (Å²) in [5.74, 6) is -0.720. The molecule has 0 unspecified atom stereocenters. The maximum absolute atomic E-state index is 12.7. The van der Waals surface area contributed by atoms with E-state index in [1.807, 2.05) is 0 Å². The molecule has 0 aliphatic rings. The monoisotopic (exact) mass is 372 g/mol. The number of carbonyl (C=O) groups is 1. The fourth-order valence-electron chi connectivity index (χ4n) is 2.80. The zero-order chi connectivity index (χ0) is 17.7. The summed E-state index contributed by atoms with van der Waals surface area (Å²) in [5, 5.41) is 4.09. The van der Waals surface area contributed by atoms with Crippen molar-refractivity contribution in [2.24, 2.45) is 5.73 Å². The Kier molecular flexibility index (Phi) is 3.52. The molecule has 0 atom stereocenters. The Morgan fingerprint density at radius 3 is 2.64 bits per heavy atom. The minimum Gasteiger partial charge on any atom is -0.365 e. The number of H-pyrrole nitrogens is 1. The molecule has 2 heterocycles. The first-order chi connectivity index (χ1) is 12.0. The van der Waals surface area contributed by atoms with E-state index in [-0.39, 0.29) is 16.8 Å². The number of hydrogen-bond donors (Lipinski definition) is 2. The van der Waals surface area contributed by atoms with Crippen LogP contribution < -0.4 is 11.3 Å². The summed E-state index contributed by atoms with van der Waals surface area (Å²) in [5.41, 5.74) is 6.74. The highest BCUT2D eigenvalue weighted by Crippen LogP contribution is 2.32. The summed E-state index contributed by atoms with van der Waals surface area (Å²) in [6.07, 6.45) is 0. The SMILES string of the molecule is NC(=O)c1c(-c2ccc(Cl)cc2Cl)[nH]n2c(=O)c3ccccc3nc12. The number of para-hydroxylation sites is 1. The third kappa shape index (κ3) is 2.38. The Labute approximate surface area is 150 Å². The van der Waals surface area contributed by atoms with E-state index in [2.05, 4.69) is 10.1 Å². The number of halogens is 2. The third-order valence-electron chi connectivity index (χ3n) is 3.92. The van der Waals surface area contributed by atoms with Crippen LogP contribution in [-0.4, -0.2) is 20.5 Å². The van der Waals surface area contributed by atoms with E-state index in [1.165, 1.54) is 4.52 Å². The van der Waals surface area contributed by atoms with Crippen molar-refractivity contribution in [3.63, 3.8) is 0 Å². The molecule has 6 nitrogen and oxygen atoms in total. The molecular formula is C17H10Cl2N4O2. The molecule has 0 fully saturated rings. The second-order valence-electron chi connectivity index (χ2n) is 5.44. The first kappa shape index (κ1) is 15.7. The minimum absolute atomic E-state index is 0.0899. The van der Waals surface area contributed by atoms with E-state index < -0.39 is 5.91 Å². The zero-order valence-electron chi connectivity index (χ0n) is 12.6. The summed E-state index contributed by atoms with van der Waals surface area (Å²) < 4.78 is 1.20. The third-order valence-corrected chi connectivity index (χ3v) is 4.47. The number of rotatable bonds is 2. The lowest BCUT2D eigenvalue weighted by molar-refractivity contribution is 0.100. The van der Waals surface area contributed by atoms with Crippen molar-refractivity contribution < 1.29 is 4.79 Å². The molecule has 0 saturated heterocycles. The van der Waals surface area contributed by atoms with E-state index >= 15 is 0 Å². The van der Waals surface area contributed by atoms with Gasteiger partial charge in [-0.2, -0.15) is 4.52 Å². The summed E-state index contributed by atoms with van der Waals surface area (Å²) in [7, 11) is 0. The molecule has 4 rings (SSSR count). The lowest BCUT2D eigenvalue weighted by Crippen LogP contribution is -2.17. The predicted octanol–water partition coefficient (Wildman–Crippen LogP) is 3.25. The minimum atomic E-state index is -0.720. The zero-order valence-corrected chi connectivity index (χ0v) is 14.1. The van der Waals surface area contributed by atoms with Crippen LogP contribution in [0.4, 0.5) is 0 Å². The number of nitrogens with two attached hydrogens (primary N) is 1. The van der Waals surface area contributed by atoms with Crippen molar-refractivity contribution in [3.05, 3.63) is 68.4 Å². The number of nitrogens with zero attached hydrogens (tertiary/aromatic N) is 2. The fraction of sp³-hybridized carbons (Fsp3) is 0. The second kappa shape index (κ2) is 5.61. The van der Waals surface area contributed by atoms with Gasteiger partial charge in [0.1, 0.15) is 5.56 Å². The lowest BCUT2D eigenvalue weighted by Gasteiger charge is -2.03. The molecule has 8 heteroatoms. The summed E-state index contributed by atoms with van der Waals surface area (Å²) >= 11 is 12.2. The van der Waals surface area contributed by atoms with Gasteiger partial charge >= 0.3 is 0 Å². The molecule has 124 valence electrons. The van der Waals surface area contributed by atoms with Crippen molar-refractivity contribution in [1.82, 2.24) is 14.6 Å². The molecular weight excluding hydrogens is 363 g/mol. The number of primary amides is 1. The number of hydrogen-bond acceptors (Lipinski definition) is 3. The second-order valence-corrected chi connectivity index (χ2v) is 6.29. The van der Waals surface area contributed by atoms with Gasteiger partial charge in [-0.05, 0) is 30.3 Å². The molecule has 0 spiro atoms. The topological polar surface area (TPSA) is 93.3 Å². The van der Waals surface area contributed by atoms with E-state index in [1.54, 1.807) is 42.5 Å². The highest BCUT2D eigenvalue weighted by molar-refractivity contribution is 6.36. The molecule has 1 amide bonds. The van der Waals surface area contributed by atoms with Gasteiger partial charge in [-0.1, -0.05) is 35.3 Å². The average Bonchev–Trinajstić information content (AvgIpc) is 2.94. The van der Waals surface area contributed by atoms with Crippen molar-refractivity contribution in [3.8, 4) is 11.3 Å². The molecule has 0 radical (unpaired) electrons. The van der Waals surface area contributed by atoms with Crippen molar-refractivity contribution in [2.45, 2.75) is 0 Å². The van der Waals surface area contributed by atoms with Crippen LogP contribution in [0.5, 0.6) is 0 Å². The molecule has 0 saturated carbocycles. The maximum Gasteiger partial charge on any atom is 0.280 e. The normalized spacial score (nSPS) is 11.3. The Bertz CT molecular complexity index is 1230. The molecule has 0 aliphatic heterocycles. The number of amides is 1. The van der Waals surface area contributed by atoms with Gasteiger partial charge in [0.2, 0.25) is 0 Å². The first-order valence-corrected chi connectivity index (χ1v) is 8.01. The summed E-state index contributed by atoms with van der Waals surface area (Å²) in [6.45, 7) is 0. The smallest absolute Gasteiger partial charge is 0.280 e. The largest absolute Gasteiger partial charge is 0.365 e. The van der Waals surface area contributed by atoms with Crippen LogP contribution in [-0.2, 0) is 0 Å². The Balaban J connectivity index is 2.17. The Morgan fingerprint density at radius 2 is 1.92 bits per heavy atom.